The van der Waals surface area contributed by atoms with E-state index >= 15 is 0 Å². The summed E-state index contributed by atoms with van der Waals surface area (Å²) < 4.78 is 30.1. The number of aromatic amines is 1. The standard InChI is InChI=1S/C33H27BrN4O7S3/c34-15-5-9-17(10-6-15)38-31(40)26-20-13-21(27(26)32(38)41)28-25(20)24(29-30(46-28)37-33(42)47-29)19-3-1-2-4-22(19)45-14-23(39)36-16-7-11-18(12-8-16)48(35,43)44/h1-12,20-21,24-28H,13-14H2,(H,36,39)(H,37,42)(H2,35,43,44)/t20-,21-,24-,25?,26?,27?,28?/m1/s1. The topological polar surface area (TPSA) is 169 Å². The Morgan fingerprint density at radius 2 is 1.67 bits per heavy atom. The molecule has 8 rings (SSSR count). The summed E-state index contributed by atoms with van der Waals surface area (Å²) in [6.07, 6.45) is 0.745. The van der Waals surface area contributed by atoms with Crippen LogP contribution in [0.2, 0.25) is 0 Å². The number of fused-ring (bicyclic) bond motifs is 9. The number of imide groups is 1. The molecule has 4 aromatic rings. The normalized spacial score (nSPS) is 27.0. The van der Waals surface area contributed by atoms with Crippen molar-refractivity contribution in [1.82, 2.24) is 4.98 Å². The van der Waals surface area contributed by atoms with Crippen molar-refractivity contribution in [3.05, 3.63) is 97.4 Å². The molecule has 246 valence electrons. The Kier molecular flexibility index (Phi) is 7.67. The van der Waals surface area contributed by atoms with Gasteiger partial charge in [-0.3, -0.25) is 24.1 Å². The number of hydrogen-bond acceptors (Lipinski definition) is 9. The molecule has 7 atom stereocenters. The number of amides is 3. The van der Waals surface area contributed by atoms with Crippen molar-refractivity contribution in [3.8, 4) is 5.75 Å². The van der Waals surface area contributed by atoms with Crippen LogP contribution in [0.15, 0.2) is 92.0 Å². The summed E-state index contributed by atoms with van der Waals surface area (Å²) in [5, 5.41) is 8.63. The predicted octanol–water partition coefficient (Wildman–Crippen LogP) is 4.54. The van der Waals surface area contributed by atoms with Crippen LogP contribution in [0.5, 0.6) is 5.75 Å². The molecule has 2 aliphatic carbocycles. The number of thiazole rings is 1. The minimum absolute atomic E-state index is 0.00252. The highest BCUT2D eigenvalue weighted by Gasteiger charge is 2.69. The number of benzene rings is 3. The molecule has 2 saturated carbocycles. The van der Waals surface area contributed by atoms with Gasteiger partial charge in [0.1, 0.15) is 5.75 Å². The Labute approximate surface area is 291 Å². The number of anilines is 2. The Morgan fingerprint density at radius 3 is 2.38 bits per heavy atom. The number of sulfonamides is 1. The van der Waals surface area contributed by atoms with Crippen LogP contribution in [-0.4, -0.2) is 43.0 Å². The number of nitrogens with zero attached hydrogens (tertiary/aromatic N) is 1. The van der Waals surface area contributed by atoms with Gasteiger partial charge in [0.2, 0.25) is 21.8 Å². The molecule has 48 heavy (non-hydrogen) atoms. The molecule has 2 aliphatic heterocycles. The van der Waals surface area contributed by atoms with Gasteiger partial charge in [0, 0.05) is 31.8 Å². The SMILES string of the molecule is NS(=O)(=O)c1ccc(NC(=O)COc2ccccc2[C@H]2c3sc(=O)[nH]c3SC3C2[C@H]2C[C@@H]3C3C(=O)N(c4ccc(Br)cc4)C(=O)C32)cc1. The zero-order valence-electron chi connectivity index (χ0n) is 24.9. The average molecular weight is 768 g/mol. The molecule has 3 heterocycles. The number of carbonyl (C=O) groups is 3. The quantitative estimate of drug-likeness (QED) is 0.231. The summed E-state index contributed by atoms with van der Waals surface area (Å²) in [7, 11) is -3.87. The van der Waals surface area contributed by atoms with E-state index < -0.39 is 27.8 Å². The van der Waals surface area contributed by atoms with Crippen molar-refractivity contribution in [2.24, 2.45) is 34.7 Å². The van der Waals surface area contributed by atoms with E-state index in [0.29, 0.717) is 17.1 Å². The first-order valence-corrected chi connectivity index (χ1v) is 19.2. The number of para-hydroxylation sites is 1. The molecule has 4 N–H and O–H groups in total. The van der Waals surface area contributed by atoms with Gasteiger partial charge in [-0.1, -0.05) is 45.5 Å². The van der Waals surface area contributed by atoms with Gasteiger partial charge in [0.15, 0.2) is 6.61 Å². The van der Waals surface area contributed by atoms with Crippen molar-refractivity contribution < 1.29 is 27.5 Å². The second kappa shape index (κ2) is 11.7. The number of primary sulfonamides is 1. The van der Waals surface area contributed by atoms with Gasteiger partial charge in [0.25, 0.3) is 5.91 Å². The fraction of sp³-hybridized carbons (Fsp3) is 0.273. The number of H-pyrrole nitrogens is 1. The number of nitrogens with two attached hydrogens (primary N) is 1. The highest BCUT2D eigenvalue weighted by Crippen LogP contribution is 2.69. The Hall–Kier alpha value is -3.76. The van der Waals surface area contributed by atoms with E-state index in [1.165, 1.54) is 29.2 Å². The molecule has 0 radical (unpaired) electrons. The van der Waals surface area contributed by atoms with Crippen molar-refractivity contribution in [1.29, 1.82) is 0 Å². The van der Waals surface area contributed by atoms with Gasteiger partial charge in [-0.2, -0.15) is 0 Å². The van der Waals surface area contributed by atoms with Gasteiger partial charge < -0.3 is 15.0 Å². The molecule has 15 heteroatoms. The van der Waals surface area contributed by atoms with Crippen LogP contribution < -0.4 is 25.0 Å². The molecule has 3 amide bonds. The summed E-state index contributed by atoms with van der Waals surface area (Å²) >= 11 is 6.18. The fourth-order valence-electron chi connectivity index (χ4n) is 8.15. The van der Waals surface area contributed by atoms with E-state index in [4.69, 9.17) is 9.88 Å². The lowest BCUT2D eigenvalue weighted by Gasteiger charge is -2.43. The molecule has 4 aliphatic rings. The lowest BCUT2D eigenvalue weighted by Crippen LogP contribution is -2.42. The van der Waals surface area contributed by atoms with E-state index in [0.717, 1.165) is 37.7 Å². The minimum atomic E-state index is -3.87. The largest absolute Gasteiger partial charge is 0.483 e. The molecule has 3 aromatic carbocycles. The van der Waals surface area contributed by atoms with Crippen LogP contribution in [0, 0.1) is 29.6 Å². The Morgan fingerprint density at radius 1 is 0.979 bits per heavy atom. The van der Waals surface area contributed by atoms with Gasteiger partial charge in [-0.25, -0.2) is 13.6 Å². The smallest absolute Gasteiger partial charge is 0.305 e. The molecular formula is C33H27BrN4O7S3. The maximum Gasteiger partial charge on any atom is 0.305 e. The molecule has 1 aromatic heterocycles. The number of carbonyl (C=O) groups excluding carboxylic acids is 3. The zero-order chi connectivity index (χ0) is 33.5. The third-order valence-corrected chi connectivity index (χ3v) is 13.9. The number of rotatable bonds is 7. The Balaban J connectivity index is 1.09. The molecule has 3 fully saturated rings. The first kappa shape index (κ1) is 31.5. The van der Waals surface area contributed by atoms with E-state index in [9.17, 15) is 27.6 Å². The number of aromatic nitrogens is 1. The fourth-order valence-corrected chi connectivity index (χ4v) is 11.8. The third kappa shape index (κ3) is 5.14. The van der Waals surface area contributed by atoms with Crippen molar-refractivity contribution in [3.63, 3.8) is 0 Å². The summed E-state index contributed by atoms with van der Waals surface area (Å²) in [5.74, 6) is -1.63. The highest BCUT2D eigenvalue weighted by molar-refractivity contribution is 9.10. The maximum absolute atomic E-state index is 14.0. The maximum atomic E-state index is 14.0. The zero-order valence-corrected chi connectivity index (χ0v) is 28.9. The monoisotopic (exact) mass is 766 g/mol. The summed E-state index contributed by atoms with van der Waals surface area (Å²) in [6.45, 7) is -0.328. The van der Waals surface area contributed by atoms with Crippen LogP contribution in [0.4, 0.5) is 11.4 Å². The van der Waals surface area contributed by atoms with Crippen LogP contribution in [0.25, 0.3) is 0 Å². The van der Waals surface area contributed by atoms with Crippen molar-refractivity contribution >= 4 is 78.1 Å². The molecular weight excluding hydrogens is 740 g/mol. The summed E-state index contributed by atoms with van der Waals surface area (Å²) in [6, 6.07) is 20.1. The second-order valence-corrected chi connectivity index (χ2v) is 17.1. The molecule has 4 unspecified atom stereocenters. The summed E-state index contributed by atoms with van der Waals surface area (Å²) in [4.78, 5) is 58.5. The highest BCUT2D eigenvalue weighted by atomic mass is 79.9. The van der Waals surface area contributed by atoms with Gasteiger partial charge >= 0.3 is 4.87 Å². The van der Waals surface area contributed by atoms with Gasteiger partial charge in [-0.05, 0) is 78.8 Å². The molecule has 0 spiro atoms. The second-order valence-electron chi connectivity index (χ2n) is 12.4. The molecule has 1 saturated heterocycles. The van der Waals surface area contributed by atoms with E-state index in [-0.39, 0.29) is 57.1 Å². The van der Waals surface area contributed by atoms with Crippen LogP contribution in [0.1, 0.15) is 22.8 Å². The van der Waals surface area contributed by atoms with Crippen LogP contribution in [0.3, 0.4) is 0 Å². The third-order valence-electron chi connectivity index (χ3n) is 9.89. The average Bonchev–Trinajstić information content (AvgIpc) is 3.79. The minimum Gasteiger partial charge on any atom is -0.483 e. The summed E-state index contributed by atoms with van der Waals surface area (Å²) in [5.41, 5.74) is 1.75. The van der Waals surface area contributed by atoms with Crippen LogP contribution >= 0.6 is 39.0 Å². The molecule has 2 bridgehead atoms. The predicted molar refractivity (Wildman–Crippen MR) is 184 cm³/mol. The lowest BCUT2D eigenvalue weighted by atomic mass is 9.68. The number of thioether (sulfide) groups is 1. The number of hydrogen-bond donors (Lipinski definition) is 3. The van der Waals surface area contributed by atoms with Gasteiger partial charge in [0.05, 0.1) is 27.4 Å². The molecule has 11 nitrogen and oxygen atoms in total. The van der Waals surface area contributed by atoms with Crippen molar-refractivity contribution in [2.45, 2.75) is 27.5 Å². The number of halogens is 1. The number of nitrogens with one attached hydrogen (secondary N) is 2. The first-order valence-electron chi connectivity index (χ1n) is 15.2. The van der Waals surface area contributed by atoms with E-state index in [1.54, 1.807) is 30.0 Å². The Bertz CT molecular complexity index is 2150. The van der Waals surface area contributed by atoms with Crippen molar-refractivity contribution in [2.75, 3.05) is 16.8 Å². The van der Waals surface area contributed by atoms with E-state index in [2.05, 4.69) is 26.2 Å². The first-order chi connectivity index (χ1) is 23.0. The lowest BCUT2D eigenvalue weighted by molar-refractivity contribution is -0.123. The van der Waals surface area contributed by atoms with Gasteiger partial charge in [-0.15, -0.1) is 11.8 Å². The van der Waals surface area contributed by atoms with E-state index in [1.807, 2.05) is 30.3 Å². The van der Waals surface area contributed by atoms with Crippen LogP contribution in [-0.2, 0) is 24.4 Å². The number of ether oxygens (including phenoxy) is 1.